The molecule has 2 rings (SSSR count). The Morgan fingerprint density at radius 2 is 1.23 bits per heavy atom. The summed E-state index contributed by atoms with van der Waals surface area (Å²) in [7, 11) is 2.21. The van der Waals surface area contributed by atoms with E-state index >= 15 is 0 Å². The molecule has 0 aromatic heterocycles. The molecule has 3 nitrogen and oxygen atoms in total. The lowest BCUT2D eigenvalue weighted by Gasteiger charge is -2.21. The average Bonchev–Trinajstić information content (AvgIpc) is 2.97. The number of aryl methyl sites for hydroxylation is 1. The van der Waals surface area contributed by atoms with Gasteiger partial charge >= 0.3 is 0 Å². The van der Waals surface area contributed by atoms with Crippen LogP contribution in [0, 0.1) is 5.92 Å². The standard InChI is InChI=1S/C37H62N2O/c1-3-4-5-6-7-8-9-10-11-12-19-25-37(40)29-28-35(27-26-34-21-15-13-16-22-34)32-38-30-20-31-39(2)33-36-23-17-14-18-24-36/h13-18,21-24,35,37-38,40H,3-12,19-20,25-33H2,1-2H3. The quantitative estimate of drug-likeness (QED) is 0.115. The van der Waals surface area contributed by atoms with Crippen LogP contribution >= 0.6 is 0 Å². The summed E-state index contributed by atoms with van der Waals surface area (Å²) in [6.07, 6.45) is 21.4. The SMILES string of the molecule is CCCCCCCCCCCCCC(O)CCC(CCc1ccccc1)CNCCCN(C)Cc1ccccc1. The van der Waals surface area contributed by atoms with E-state index in [4.69, 9.17) is 0 Å². The van der Waals surface area contributed by atoms with Gasteiger partial charge in [0.1, 0.15) is 0 Å². The number of hydrogen-bond donors (Lipinski definition) is 2. The predicted octanol–water partition coefficient (Wildman–Crippen LogP) is 9.19. The Labute approximate surface area is 248 Å². The summed E-state index contributed by atoms with van der Waals surface area (Å²) in [6, 6.07) is 21.6. The molecule has 2 unspecified atom stereocenters. The average molecular weight is 551 g/mol. The molecular weight excluding hydrogens is 488 g/mol. The van der Waals surface area contributed by atoms with Crippen LogP contribution < -0.4 is 5.32 Å². The Morgan fingerprint density at radius 1 is 0.650 bits per heavy atom. The van der Waals surface area contributed by atoms with E-state index in [-0.39, 0.29) is 6.10 Å². The number of hydrogen-bond acceptors (Lipinski definition) is 3. The number of rotatable bonds is 26. The van der Waals surface area contributed by atoms with Gasteiger partial charge in [-0.25, -0.2) is 0 Å². The van der Waals surface area contributed by atoms with Crippen LogP contribution in [-0.2, 0) is 13.0 Å². The second kappa shape index (κ2) is 24.0. The lowest BCUT2D eigenvalue weighted by atomic mass is 9.92. The monoisotopic (exact) mass is 550 g/mol. The summed E-state index contributed by atoms with van der Waals surface area (Å²) < 4.78 is 0. The number of aliphatic hydroxyl groups excluding tert-OH is 1. The van der Waals surface area contributed by atoms with Gasteiger partial charge in [-0.2, -0.15) is 0 Å². The number of benzene rings is 2. The first kappa shape index (κ1) is 34.5. The van der Waals surface area contributed by atoms with Gasteiger partial charge in [-0.05, 0) is 82.3 Å². The zero-order chi connectivity index (χ0) is 28.5. The van der Waals surface area contributed by atoms with Crippen LogP contribution in [0.2, 0.25) is 0 Å². The van der Waals surface area contributed by atoms with Crippen molar-refractivity contribution in [2.45, 2.75) is 129 Å². The fourth-order valence-corrected chi connectivity index (χ4v) is 5.73. The molecule has 0 amide bonds. The maximum Gasteiger partial charge on any atom is 0.0540 e. The van der Waals surface area contributed by atoms with Gasteiger partial charge < -0.3 is 15.3 Å². The minimum Gasteiger partial charge on any atom is -0.393 e. The zero-order valence-corrected chi connectivity index (χ0v) is 26.2. The van der Waals surface area contributed by atoms with Crippen molar-refractivity contribution in [3.63, 3.8) is 0 Å². The fourth-order valence-electron chi connectivity index (χ4n) is 5.73. The molecule has 40 heavy (non-hydrogen) atoms. The van der Waals surface area contributed by atoms with Crippen molar-refractivity contribution in [2.75, 3.05) is 26.7 Å². The van der Waals surface area contributed by atoms with E-state index in [1.165, 1.54) is 88.2 Å². The predicted molar refractivity (Wildman–Crippen MR) is 175 cm³/mol. The lowest BCUT2D eigenvalue weighted by Crippen LogP contribution is -2.28. The van der Waals surface area contributed by atoms with Crippen LogP contribution in [0.3, 0.4) is 0 Å². The molecule has 226 valence electrons. The Balaban J connectivity index is 1.58. The molecule has 0 radical (unpaired) electrons. The zero-order valence-electron chi connectivity index (χ0n) is 26.2. The first-order valence-electron chi connectivity index (χ1n) is 16.8. The van der Waals surface area contributed by atoms with Crippen molar-refractivity contribution in [3.8, 4) is 0 Å². The van der Waals surface area contributed by atoms with Crippen molar-refractivity contribution in [2.24, 2.45) is 5.92 Å². The summed E-state index contributed by atoms with van der Waals surface area (Å²) >= 11 is 0. The Bertz CT molecular complexity index is 796. The van der Waals surface area contributed by atoms with Gasteiger partial charge in [-0.3, -0.25) is 0 Å². The van der Waals surface area contributed by atoms with Crippen molar-refractivity contribution < 1.29 is 5.11 Å². The molecule has 0 aliphatic carbocycles. The van der Waals surface area contributed by atoms with Crippen molar-refractivity contribution in [1.29, 1.82) is 0 Å². The van der Waals surface area contributed by atoms with E-state index in [1.54, 1.807) is 0 Å². The van der Waals surface area contributed by atoms with Gasteiger partial charge in [0.25, 0.3) is 0 Å². The van der Waals surface area contributed by atoms with Crippen molar-refractivity contribution in [1.82, 2.24) is 10.2 Å². The van der Waals surface area contributed by atoms with Crippen LogP contribution in [0.1, 0.15) is 121 Å². The molecule has 0 aliphatic rings. The van der Waals surface area contributed by atoms with Crippen molar-refractivity contribution in [3.05, 3.63) is 71.8 Å². The van der Waals surface area contributed by atoms with Gasteiger partial charge in [0.05, 0.1) is 6.10 Å². The number of aliphatic hydroxyl groups is 1. The van der Waals surface area contributed by atoms with E-state index in [1.807, 2.05) is 0 Å². The van der Waals surface area contributed by atoms with Crippen LogP contribution in [0.5, 0.6) is 0 Å². The van der Waals surface area contributed by atoms with Gasteiger partial charge in [-0.15, -0.1) is 0 Å². The van der Waals surface area contributed by atoms with E-state index in [0.29, 0.717) is 5.92 Å². The first-order valence-corrected chi connectivity index (χ1v) is 16.8. The second-order valence-electron chi connectivity index (χ2n) is 12.2. The summed E-state index contributed by atoms with van der Waals surface area (Å²) in [5, 5.41) is 14.4. The molecule has 2 aromatic rings. The lowest BCUT2D eigenvalue weighted by molar-refractivity contribution is 0.140. The third-order valence-corrected chi connectivity index (χ3v) is 8.35. The molecule has 0 saturated heterocycles. The molecule has 0 fully saturated rings. The van der Waals surface area contributed by atoms with Crippen LogP contribution in [0.25, 0.3) is 0 Å². The Kier molecular flexibility index (Phi) is 20.7. The maximum absolute atomic E-state index is 10.7. The molecule has 2 aromatic carbocycles. The minimum atomic E-state index is -0.135. The third kappa shape index (κ3) is 18.6. The summed E-state index contributed by atoms with van der Waals surface area (Å²) in [4.78, 5) is 2.41. The van der Waals surface area contributed by atoms with Crippen LogP contribution in [-0.4, -0.2) is 42.8 Å². The molecule has 0 heterocycles. The van der Waals surface area contributed by atoms with E-state index in [0.717, 1.165) is 58.3 Å². The highest BCUT2D eigenvalue weighted by Gasteiger charge is 2.13. The molecule has 3 heteroatoms. The first-order chi connectivity index (χ1) is 19.7. The van der Waals surface area contributed by atoms with E-state index in [9.17, 15) is 5.11 Å². The van der Waals surface area contributed by atoms with E-state index < -0.39 is 0 Å². The normalized spacial score (nSPS) is 13.1. The molecule has 0 saturated carbocycles. The molecule has 0 aliphatic heterocycles. The molecule has 0 bridgehead atoms. The van der Waals surface area contributed by atoms with Gasteiger partial charge in [-0.1, -0.05) is 138 Å². The molecular formula is C37H62N2O. The smallest absolute Gasteiger partial charge is 0.0540 e. The molecule has 2 N–H and O–H groups in total. The van der Waals surface area contributed by atoms with E-state index in [2.05, 4.69) is 84.9 Å². The molecule has 0 spiro atoms. The van der Waals surface area contributed by atoms with Gasteiger partial charge in [0, 0.05) is 6.54 Å². The highest BCUT2D eigenvalue weighted by atomic mass is 16.3. The van der Waals surface area contributed by atoms with Crippen LogP contribution in [0.15, 0.2) is 60.7 Å². The number of unbranched alkanes of at least 4 members (excludes halogenated alkanes) is 10. The number of nitrogens with zero attached hydrogens (tertiary/aromatic N) is 1. The highest BCUT2D eigenvalue weighted by Crippen LogP contribution is 2.19. The molecule has 2 atom stereocenters. The van der Waals surface area contributed by atoms with Crippen LogP contribution in [0.4, 0.5) is 0 Å². The van der Waals surface area contributed by atoms with Gasteiger partial charge in [0.15, 0.2) is 0 Å². The summed E-state index contributed by atoms with van der Waals surface area (Å²) in [5.41, 5.74) is 2.81. The highest BCUT2D eigenvalue weighted by molar-refractivity contribution is 5.15. The largest absolute Gasteiger partial charge is 0.393 e. The fraction of sp³-hybridized carbons (Fsp3) is 0.676. The topological polar surface area (TPSA) is 35.5 Å². The summed E-state index contributed by atoms with van der Waals surface area (Å²) in [5.74, 6) is 0.620. The van der Waals surface area contributed by atoms with Crippen molar-refractivity contribution >= 4 is 0 Å². The number of nitrogens with one attached hydrogen (secondary N) is 1. The second-order valence-corrected chi connectivity index (χ2v) is 12.2. The third-order valence-electron chi connectivity index (χ3n) is 8.35. The van der Waals surface area contributed by atoms with Gasteiger partial charge in [0.2, 0.25) is 0 Å². The summed E-state index contributed by atoms with van der Waals surface area (Å²) in [6.45, 7) is 6.52. The Morgan fingerprint density at radius 3 is 1.85 bits per heavy atom. The Hall–Kier alpha value is -1.68. The maximum atomic E-state index is 10.7. The minimum absolute atomic E-state index is 0.135.